The van der Waals surface area contributed by atoms with E-state index in [1.807, 2.05) is 0 Å². The summed E-state index contributed by atoms with van der Waals surface area (Å²) in [5, 5.41) is 2.53. The molecule has 0 fully saturated rings. The molecule has 0 N–H and O–H groups in total. The summed E-state index contributed by atoms with van der Waals surface area (Å²) in [6.45, 7) is 18.6. The molecule has 0 aliphatic heterocycles. The van der Waals surface area contributed by atoms with Crippen LogP contribution in [0.25, 0.3) is 139 Å². The van der Waals surface area contributed by atoms with Crippen molar-refractivity contribution in [2.75, 3.05) is 9.80 Å². The minimum Gasteiger partial charge on any atom is -0.310 e. The number of aryl methyl sites for hydroxylation is 4. The summed E-state index contributed by atoms with van der Waals surface area (Å²) < 4.78 is 2.40. The molecule has 2 aliphatic rings. The van der Waals surface area contributed by atoms with Crippen molar-refractivity contribution in [1.29, 1.82) is 0 Å². The molecule has 0 saturated carbocycles. The Labute approximate surface area is 711 Å². The van der Waals surface area contributed by atoms with Crippen LogP contribution in [0.2, 0.25) is 0 Å². The first-order chi connectivity index (χ1) is 59.2. The zero-order chi connectivity index (χ0) is 82.0. The summed E-state index contributed by atoms with van der Waals surface area (Å²) in [7, 11) is 0. The molecule has 0 spiro atoms. The van der Waals surface area contributed by atoms with E-state index in [0.717, 1.165) is 28.4 Å². The Morgan fingerprint density at radius 2 is 0.446 bits per heavy atom. The highest BCUT2D eigenvalue weighted by molar-refractivity contribution is 6.09. The van der Waals surface area contributed by atoms with Gasteiger partial charge in [0.15, 0.2) is 0 Å². The van der Waals surface area contributed by atoms with Crippen molar-refractivity contribution in [3.8, 4) is 117 Å². The summed E-state index contributed by atoms with van der Waals surface area (Å²) in [5.41, 5.74) is 45.3. The predicted molar refractivity (Wildman–Crippen MR) is 514 cm³/mol. The van der Waals surface area contributed by atoms with Crippen LogP contribution in [0.15, 0.2) is 419 Å². The maximum Gasteiger partial charge on any atom is 0.0541 e. The summed E-state index contributed by atoms with van der Waals surface area (Å²) in [4.78, 5) is 4.97. The van der Waals surface area contributed by atoms with Crippen molar-refractivity contribution in [2.24, 2.45) is 0 Å². The second-order valence-corrected chi connectivity index (χ2v) is 33.8. The number of rotatable bonds is 15. The lowest BCUT2D eigenvalue weighted by Gasteiger charge is -2.31. The second-order valence-electron chi connectivity index (χ2n) is 33.8. The van der Waals surface area contributed by atoms with Crippen molar-refractivity contribution in [2.45, 2.75) is 66.2 Å². The van der Waals surface area contributed by atoms with Crippen LogP contribution in [0.3, 0.4) is 0 Å². The van der Waals surface area contributed by atoms with Gasteiger partial charge < -0.3 is 14.4 Å². The van der Waals surface area contributed by atoms with Gasteiger partial charge in [-0.15, -0.1) is 0 Å². The van der Waals surface area contributed by atoms with Crippen molar-refractivity contribution >= 4 is 55.9 Å². The lowest BCUT2D eigenvalue weighted by molar-refractivity contribution is 0.660. The monoisotopic (exact) mass is 1550 g/mol. The highest BCUT2D eigenvalue weighted by atomic mass is 15.2. The van der Waals surface area contributed by atoms with E-state index < -0.39 is 0 Å². The summed E-state index contributed by atoms with van der Waals surface area (Å²) >= 11 is 0. The molecule has 18 aromatic carbocycles. The van der Waals surface area contributed by atoms with Crippen LogP contribution in [0.1, 0.15) is 72.2 Å². The van der Waals surface area contributed by atoms with Gasteiger partial charge in [0.05, 0.1) is 22.4 Å². The minimum absolute atomic E-state index is 0.118. The number of aromatic nitrogens is 1. The lowest BCUT2D eigenvalue weighted by Crippen LogP contribution is -2.17. The fourth-order valence-electron chi connectivity index (χ4n) is 19.6. The molecule has 0 amide bonds. The highest BCUT2D eigenvalue weighted by Gasteiger charge is 2.38. The Hall–Kier alpha value is -14.6. The average Bonchev–Trinajstić information content (AvgIpc) is 1.60. The summed E-state index contributed by atoms with van der Waals surface area (Å²) in [6, 6.07) is 154. The molecule has 0 unspecified atom stereocenters. The molecule has 580 valence electrons. The third-order valence-electron chi connectivity index (χ3n) is 25.4. The Morgan fingerprint density at radius 3 is 0.802 bits per heavy atom. The number of nitrogens with zero attached hydrogens (tertiary/aromatic N) is 3. The molecule has 1 aromatic heterocycles. The first-order valence-electron chi connectivity index (χ1n) is 42.3. The Bertz CT molecular complexity index is 6920. The molecule has 3 nitrogen and oxygen atoms in total. The number of hydrogen-bond donors (Lipinski definition) is 0. The highest BCUT2D eigenvalue weighted by Crippen LogP contribution is 2.55. The maximum atomic E-state index is 2.49. The fourth-order valence-corrected chi connectivity index (χ4v) is 19.6. The zero-order valence-corrected chi connectivity index (χ0v) is 69.7. The Balaban J connectivity index is 0.000000154. The predicted octanol–water partition coefficient (Wildman–Crippen LogP) is 32.6. The van der Waals surface area contributed by atoms with Crippen LogP contribution in [-0.4, -0.2) is 4.57 Å². The van der Waals surface area contributed by atoms with Gasteiger partial charge >= 0.3 is 0 Å². The minimum atomic E-state index is -0.123. The molecule has 0 radical (unpaired) electrons. The Morgan fingerprint density at radius 1 is 0.190 bits per heavy atom. The van der Waals surface area contributed by atoms with E-state index in [9.17, 15) is 0 Å². The smallest absolute Gasteiger partial charge is 0.0541 e. The zero-order valence-electron chi connectivity index (χ0n) is 69.7. The van der Waals surface area contributed by atoms with E-state index in [1.165, 1.54) is 189 Å². The first-order valence-corrected chi connectivity index (χ1v) is 42.3. The van der Waals surface area contributed by atoms with Crippen LogP contribution in [0.5, 0.6) is 0 Å². The van der Waals surface area contributed by atoms with Gasteiger partial charge in [-0.2, -0.15) is 0 Å². The SMILES string of the molecule is Cc1cc(-c2cc(-c3ccccc3)cc(-c3ccccc3)c2)cc(C)c1N(c1ccc(-c2ccccc2-c2ccccc2)cc1)c1ccc2c(c1)C(C)(C)c1ccccc1-2.Cc1cc(-c2cc(-c3ccccc3)cc(-c3ccccc3)c2)cc(C)c1N(c1ccc(-n2c3ccccc3c3ccccc32)cc1)c1ccc2c(c1)C(C)(C)c1ccccc1-2. The molecule has 1 heterocycles. The normalized spacial score (nSPS) is 12.6. The third kappa shape index (κ3) is 13.7. The van der Waals surface area contributed by atoms with E-state index in [-0.39, 0.29) is 10.8 Å². The van der Waals surface area contributed by atoms with Crippen molar-refractivity contribution in [3.63, 3.8) is 0 Å². The number of para-hydroxylation sites is 2. The van der Waals surface area contributed by atoms with Crippen LogP contribution in [0, 0.1) is 27.7 Å². The molecule has 21 rings (SSSR count). The number of anilines is 6. The fraction of sp³-hybridized carbons (Fsp3) is 0.0847. The van der Waals surface area contributed by atoms with E-state index in [2.05, 4.69) is 488 Å². The van der Waals surface area contributed by atoms with Crippen LogP contribution >= 0.6 is 0 Å². The van der Waals surface area contributed by atoms with Crippen molar-refractivity contribution < 1.29 is 0 Å². The van der Waals surface area contributed by atoms with Gasteiger partial charge in [0.1, 0.15) is 0 Å². The molecule has 0 atom stereocenters. The molecular weight excluding hydrogens is 1460 g/mol. The standard InChI is InChI=1S/C59H46N2.C59H47N/c1-39-33-43(46-36-44(41-17-7-5-8-18-41)35-45(37-46)42-19-9-6-10-20-42)34-40(2)58(39)60(49-31-32-51-50-21-11-14-24-54(50)59(3,4)55(51)38-49)47-27-29-48(30-28-47)61-56-25-15-12-22-52(56)53-23-13-16-26-57(53)61;1-40-34-46(49-37-47(42-18-8-5-9-19-42)36-48(38-49)43-20-10-6-11-21-43)35-41(2)58(40)60(51-32-33-55-54-26-16-17-27-56(54)59(3,4)57(55)39-51)50-30-28-45(29-31-50)53-25-15-14-24-52(53)44-22-12-7-13-23-44/h5-38H,1-4H3;5-39H,1-4H3. The van der Waals surface area contributed by atoms with E-state index in [0.29, 0.717) is 0 Å². The Kier molecular flexibility index (Phi) is 19.3. The lowest BCUT2D eigenvalue weighted by atomic mass is 9.82. The van der Waals surface area contributed by atoms with E-state index in [4.69, 9.17) is 0 Å². The molecule has 2 aliphatic carbocycles. The topological polar surface area (TPSA) is 11.4 Å². The van der Waals surface area contributed by atoms with Crippen molar-refractivity contribution in [3.05, 3.63) is 463 Å². The van der Waals surface area contributed by atoms with Crippen LogP contribution in [-0.2, 0) is 10.8 Å². The van der Waals surface area contributed by atoms with Crippen LogP contribution in [0.4, 0.5) is 34.1 Å². The molecule has 3 heteroatoms. The molecule has 0 saturated heterocycles. The second kappa shape index (κ2) is 31.0. The van der Waals surface area contributed by atoms with Gasteiger partial charge in [-0.05, 0) is 317 Å². The largest absolute Gasteiger partial charge is 0.310 e. The van der Waals surface area contributed by atoms with Gasteiger partial charge in [0, 0.05) is 50.0 Å². The number of benzene rings is 18. The number of hydrogen-bond acceptors (Lipinski definition) is 2. The molecular formula is C118H93N3. The van der Waals surface area contributed by atoms with E-state index in [1.54, 1.807) is 0 Å². The maximum absolute atomic E-state index is 2.49. The molecule has 0 bridgehead atoms. The van der Waals surface area contributed by atoms with Gasteiger partial charge in [0.25, 0.3) is 0 Å². The van der Waals surface area contributed by atoms with Gasteiger partial charge in [0.2, 0.25) is 0 Å². The van der Waals surface area contributed by atoms with Gasteiger partial charge in [-0.3, -0.25) is 0 Å². The molecule has 19 aromatic rings. The molecule has 121 heavy (non-hydrogen) atoms. The third-order valence-corrected chi connectivity index (χ3v) is 25.4. The van der Waals surface area contributed by atoms with Crippen molar-refractivity contribution in [1.82, 2.24) is 4.57 Å². The first kappa shape index (κ1) is 75.1. The quantitative estimate of drug-likeness (QED) is 0.101. The average molecular weight is 1550 g/mol. The number of fused-ring (bicyclic) bond motifs is 9. The van der Waals surface area contributed by atoms with Crippen LogP contribution < -0.4 is 9.80 Å². The van der Waals surface area contributed by atoms with Gasteiger partial charge in [-0.25, -0.2) is 0 Å². The summed E-state index contributed by atoms with van der Waals surface area (Å²) in [6.07, 6.45) is 0. The summed E-state index contributed by atoms with van der Waals surface area (Å²) in [5.74, 6) is 0. The van der Waals surface area contributed by atoms with E-state index >= 15 is 0 Å². The van der Waals surface area contributed by atoms with Gasteiger partial charge in [-0.1, -0.05) is 313 Å².